The molecule has 1 aliphatic carbocycles. The monoisotopic (exact) mass is 308 g/mol. The van der Waals surface area contributed by atoms with Crippen LogP contribution < -0.4 is 0 Å². The van der Waals surface area contributed by atoms with E-state index in [1.807, 2.05) is 0 Å². The molecule has 0 spiro atoms. The minimum atomic E-state index is -0.0199. The van der Waals surface area contributed by atoms with E-state index < -0.39 is 0 Å². The Balaban J connectivity index is 2.15. The third kappa shape index (κ3) is 3.23. The summed E-state index contributed by atoms with van der Waals surface area (Å²) in [6.45, 7) is 6.66. The molecule has 1 aliphatic rings. The van der Waals surface area contributed by atoms with Crippen molar-refractivity contribution in [3.8, 4) is 0 Å². The molecule has 1 saturated carbocycles. The van der Waals surface area contributed by atoms with E-state index in [4.69, 9.17) is 0 Å². The van der Waals surface area contributed by atoms with Crippen molar-refractivity contribution in [2.45, 2.75) is 50.3 Å². The van der Waals surface area contributed by atoms with Gasteiger partial charge in [0.1, 0.15) is 5.78 Å². The predicted molar refractivity (Wildman–Crippen MR) is 79.3 cm³/mol. The molecular weight excluding hydrogens is 288 g/mol. The van der Waals surface area contributed by atoms with E-state index in [0.29, 0.717) is 11.7 Å². The van der Waals surface area contributed by atoms with Crippen LogP contribution in [0.1, 0.15) is 44.7 Å². The summed E-state index contributed by atoms with van der Waals surface area (Å²) in [5, 5.41) is 0. The third-order valence-electron chi connectivity index (χ3n) is 3.51. The number of hydrogen-bond donors (Lipinski definition) is 0. The number of carbonyl (C=O) groups is 1. The standard InChI is InChI=1S/C16H21BrO/c1-16(2,3)13-7-5-4-6-12(13)10-14(17)15(18)11-8-9-11/h4-7,11,14H,8-10H2,1-3H3. The van der Waals surface area contributed by atoms with Gasteiger partial charge in [0.15, 0.2) is 0 Å². The fourth-order valence-corrected chi connectivity index (χ4v) is 3.07. The number of ketones is 1. The second kappa shape index (κ2) is 5.16. The van der Waals surface area contributed by atoms with Crippen molar-refractivity contribution >= 4 is 21.7 Å². The first-order valence-corrected chi connectivity index (χ1v) is 7.57. The predicted octanol–water partition coefficient (Wildman–Crippen LogP) is 4.27. The van der Waals surface area contributed by atoms with Crippen molar-refractivity contribution in [3.63, 3.8) is 0 Å². The van der Waals surface area contributed by atoms with Crippen LogP contribution in [0.2, 0.25) is 0 Å². The van der Waals surface area contributed by atoms with E-state index >= 15 is 0 Å². The van der Waals surface area contributed by atoms with Gasteiger partial charge in [-0.1, -0.05) is 61.0 Å². The molecule has 0 bridgehead atoms. The quantitative estimate of drug-likeness (QED) is 0.759. The van der Waals surface area contributed by atoms with Crippen LogP contribution in [0.5, 0.6) is 0 Å². The highest BCUT2D eigenvalue weighted by molar-refractivity contribution is 9.10. The van der Waals surface area contributed by atoms with E-state index in [0.717, 1.165) is 19.3 Å². The van der Waals surface area contributed by atoms with Crippen molar-refractivity contribution < 1.29 is 4.79 Å². The summed E-state index contributed by atoms with van der Waals surface area (Å²) in [6.07, 6.45) is 2.98. The van der Waals surface area contributed by atoms with E-state index in [-0.39, 0.29) is 10.2 Å². The number of benzene rings is 1. The minimum Gasteiger partial charge on any atom is -0.298 e. The molecule has 0 aliphatic heterocycles. The Morgan fingerprint density at radius 3 is 2.50 bits per heavy atom. The number of halogens is 1. The lowest BCUT2D eigenvalue weighted by molar-refractivity contribution is -0.119. The molecule has 2 heteroatoms. The lowest BCUT2D eigenvalue weighted by Crippen LogP contribution is -2.21. The van der Waals surface area contributed by atoms with Crippen molar-refractivity contribution in [1.29, 1.82) is 0 Å². The van der Waals surface area contributed by atoms with Gasteiger partial charge >= 0.3 is 0 Å². The van der Waals surface area contributed by atoms with Crippen LogP contribution in [-0.2, 0) is 16.6 Å². The van der Waals surface area contributed by atoms with Crippen LogP contribution in [0.4, 0.5) is 0 Å². The number of Topliss-reactive ketones (excluding diaryl/α,β-unsaturated/α-hetero) is 1. The van der Waals surface area contributed by atoms with Gasteiger partial charge in [-0.3, -0.25) is 4.79 Å². The average Bonchev–Trinajstić information content (AvgIpc) is 3.11. The van der Waals surface area contributed by atoms with Gasteiger partial charge < -0.3 is 0 Å². The van der Waals surface area contributed by atoms with E-state index in [1.165, 1.54) is 11.1 Å². The van der Waals surface area contributed by atoms with Gasteiger partial charge in [0, 0.05) is 5.92 Å². The molecule has 98 valence electrons. The van der Waals surface area contributed by atoms with Gasteiger partial charge in [-0.2, -0.15) is 0 Å². The zero-order chi connectivity index (χ0) is 13.3. The molecule has 0 heterocycles. The summed E-state index contributed by atoms with van der Waals surface area (Å²) in [5.74, 6) is 0.717. The Hall–Kier alpha value is -0.630. The van der Waals surface area contributed by atoms with Crippen LogP contribution in [0.25, 0.3) is 0 Å². The van der Waals surface area contributed by atoms with Crippen molar-refractivity contribution in [2.24, 2.45) is 5.92 Å². The Bertz CT molecular complexity index is 441. The second-order valence-electron chi connectivity index (χ2n) is 6.26. The molecule has 0 radical (unpaired) electrons. The van der Waals surface area contributed by atoms with Crippen molar-refractivity contribution in [3.05, 3.63) is 35.4 Å². The van der Waals surface area contributed by atoms with Gasteiger partial charge in [-0.25, -0.2) is 0 Å². The molecular formula is C16H21BrO. The lowest BCUT2D eigenvalue weighted by Gasteiger charge is -2.23. The molecule has 2 rings (SSSR count). The molecule has 0 N–H and O–H groups in total. The topological polar surface area (TPSA) is 17.1 Å². The molecule has 1 unspecified atom stereocenters. The van der Waals surface area contributed by atoms with Gasteiger partial charge in [0.05, 0.1) is 4.83 Å². The number of alkyl halides is 1. The fourth-order valence-electron chi connectivity index (χ4n) is 2.35. The Morgan fingerprint density at radius 1 is 1.33 bits per heavy atom. The molecule has 0 amide bonds. The maximum atomic E-state index is 12.0. The molecule has 1 aromatic rings. The smallest absolute Gasteiger partial charge is 0.149 e. The highest BCUT2D eigenvalue weighted by atomic mass is 79.9. The van der Waals surface area contributed by atoms with E-state index in [9.17, 15) is 4.79 Å². The first-order valence-electron chi connectivity index (χ1n) is 6.66. The highest BCUT2D eigenvalue weighted by Gasteiger charge is 2.34. The summed E-state index contributed by atoms with van der Waals surface area (Å²) in [4.78, 5) is 12.0. The van der Waals surface area contributed by atoms with Crippen molar-refractivity contribution in [1.82, 2.24) is 0 Å². The summed E-state index contributed by atoms with van der Waals surface area (Å²) in [6, 6.07) is 8.47. The number of rotatable bonds is 4. The second-order valence-corrected chi connectivity index (χ2v) is 7.36. The van der Waals surface area contributed by atoms with Gasteiger partial charge in [-0.15, -0.1) is 0 Å². The Kier molecular flexibility index (Phi) is 3.96. The molecule has 1 fully saturated rings. The Labute approximate surface area is 118 Å². The molecule has 0 saturated heterocycles. The first kappa shape index (κ1) is 13.8. The van der Waals surface area contributed by atoms with Crippen LogP contribution in [0, 0.1) is 5.92 Å². The lowest BCUT2D eigenvalue weighted by atomic mass is 9.82. The van der Waals surface area contributed by atoms with E-state index in [2.05, 4.69) is 61.0 Å². The first-order chi connectivity index (χ1) is 8.39. The summed E-state index contributed by atoms with van der Waals surface area (Å²) < 4.78 is 0. The van der Waals surface area contributed by atoms with Crippen molar-refractivity contribution in [2.75, 3.05) is 0 Å². The normalized spacial score (nSPS) is 17.6. The maximum Gasteiger partial charge on any atom is 0.149 e. The Morgan fingerprint density at radius 2 is 1.94 bits per heavy atom. The number of carbonyl (C=O) groups excluding carboxylic acids is 1. The van der Waals surface area contributed by atoms with Crippen LogP contribution in [-0.4, -0.2) is 10.6 Å². The van der Waals surface area contributed by atoms with Crippen LogP contribution in [0.15, 0.2) is 24.3 Å². The zero-order valence-electron chi connectivity index (χ0n) is 11.4. The van der Waals surface area contributed by atoms with Gasteiger partial charge in [0.25, 0.3) is 0 Å². The molecule has 1 atom stereocenters. The summed E-state index contributed by atoms with van der Waals surface area (Å²) in [7, 11) is 0. The molecule has 0 aromatic heterocycles. The minimum absolute atomic E-state index is 0.0199. The average molecular weight is 309 g/mol. The fraction of sp³-hybridized carbons (Fsp3) is 0.562. The van der Waals surface area contributed by atoms with Crippen LogP contribution in [0.3, 0.4) is 0 Å². The summed E-state index contributed by atoms with van der Waals surface area (Å²) in [5.41, 5.74) is 2.77. The third-order valence-corrected chi connectivity index (χ3v) is 4.29. The maximum absolute atomic E-state index is 12.0. The molecule has 1 aromatic carbocycles. The van der Waals surface area contributed by atoms with Gasteiger partial charge in [0.2, 0.25) is 0 Å². The zero-order valence-corrected chi connectivity index (χ0v) is 13.0. The summed E-state index contributed by atoms with van der Waals surface area (Å²) >= 11 is 3.57. The molecule has 1 nitrogen and oxygen atoms in total. The highest BCUT2D eigenvalue weighted by Crippen LogP contribution is 2.34. The van der Waals surface area contributed by atoms with E-state index in [1.54, 1.807) is 0 Å². The largest absolute Gasteiger partial charge is 0.298 e. The van der Waals surface area contributed by atoms with Crippen LogP contribution >= 0.6 is 15.9 Å². The molecule has 18 heavy (non-hydrogen) atoms. The SMILES string of the molecule is CC(C)(C)c1ccccc1CC(Br)C(=O)C1CC1. The van der Waals surface area contributed by atoms with Gasteiger partial charge in [-0.05, 0) is 35.8 Å². The number of hydrogen-bond acceptors (Lipinski definition) is 1.